The number of fused-ring (bicyclic) bond motifs is 1. The van der Waals surface area contributed by atoms with Gasteiger partial charge in [-0.15, -0.1) is 0 Å². The second kappa shape index (κ2) is 10.4. The van der Waals surface area contributed by atoms with Crippen molar-refractivity contribution in [2.24, 2.45) is 7.05 Å². The molecule has 34 heavy (non-hydrogen) atoms. The van der Waals surface area contributed by atoms with Gasteiger partial charge in [0.1, 0.15) is 0 Å². The van der Waals surface area contributed by atoms with E-state index >= 15 is 0 Å². The number of carbonyl (C=O) groups excluding carboxylic acids is 1. The Balaban J connectivity index is 1.59. The summed E-state index contributed by atoms with van der Waals surface area (Å²) in [6.07, 6.45) is 0. The van der Waals surface area contributed by atoms with Crippen molar-refractivity contribution in [2.45, 2.75) is 6.04 Å². The summed E-state index contributed by atoms with van der Waals surface area (Å²) in [6, 6.07) is 10.7. The van der Waals surface area contributed by atoms with Gasteiger partial charge in [0.2, 0.25) is 0 Å². The third kappa shape index (κ3) is 4.84. The van der Waals surface area contributed by atoms with Gasteiger partial charge in [-0.25, -0.2) is 0 Å². The molecule has 1 aliphatic heterocycles. The summed E-state index contributed by atoms with van der Waals surface area (Å²) in [6.45, 7) is 3.17. The van der Waals surface area contributed by atoms with Gasteiger partial charge in [0.15, 0.2) is 16.3 Å². The van der Waals surface area contributed by atoms with E-state index in [4.69, 9.17) is 26.4 Å². The molecule has 0 bridgehead atoms. The SMILES string of the molecule is COc1ccc(C(CNC(=O)c2ccc3c(=O)n(C)c(=S)[nH]c3c2)N2CCOCC2)cc1OC. The van der Waals surface area contributed by atoms with Crippen LogP contribution in [0.4, 0.5) is 0 Å². The largest absolute Gasteiger partial charge is 0.493 e. The van der Waals surface area contributed by atoms with Crippen molar-refractivity contribution < 1.29 is 19.0 Å². The number of nitrogens with zero attached hydrogens (tertiary/aromatic N) is 2. The second-order valence-electron chi connectivity index (χ2n) is 8.04. The van der Waals surface area contributed by atoms with E-state index in [1.54, 1.807) is 39.5 Å². The Morgan fingerprint density at radius 1 is 1.15 bits per heavy atom. The summed E-state index contributed by atoms with van der Waals surface area (Å²) in [4.78, 5) is 30.8. The first kappa shape index (κ1) is 23.9. The van der Waals surface area contributed by atoms with E-state index in [0.717, 1.165) is 18.7 Å². The summed E-state index contributed by atoms with van der Waals surface area (Å²) in [5, 5.41) is 3.53. The van der Waals surface area contributed by atoms with E-state index in [1.165, 1.54) is 4.57 Å². The number of carbonyl (C=O) groups is 1. The predicted octanol–water partition coefficient (Wildman–Crippen LogP) is 2.42. The van der Waals surface area contributed by atoms with Crippen LogP contribution < -0.4 is 20.3 Å². The van der Waals surface area contributed by atoms with Crippen molar-refractivity contribution in [3.8, 4) is 11.5 Å². The minimum atomic E-state index is -0.236. The Morgan fingerprint density at radius 3 is 2.59 bits per heavy atom. The molecule has 1 unspecified atom stereocenters. The zero-order chi connectivity index (χ0) is 24.2. The summed E-state index contributed by atoms with van der Waals surface area (Å²) < 4.78 is 18.0. The van der Waals surface area contributed by atoms with Crippen LogP contribution in [0.3, 0.4) is 0 Å². The fourth-order valence-corrected chi connectivity index (χ4v) is 4.34. The van der Waals surface area contributed by atoms with Gasteiger partial charge in [0, 0.05) is 32.2 Å². The number of hydrogen-bond donors (Lipinski definition) is 2. The molecule has 10 heteroatoms. The fourth-order valence-electron chi connectivity index (χ4n) is 4.15. The summed E-state index contributed by atoms with van der Waals surface area (Å²) in [5.74, 6) is 1.05. The summed E-state index contributed by atoms with van der Waals surface area (Å²) >= 11 is 5.20. The lowest BCUT2D eigenvalue weighted by molar-refractivity contribution is 0.0162. The molecule has 0 aliphatic carbocycles. The molecule has 180 valence electrons. The fraction of sp³-hybridized carbons (Fsp3) is 0.375. The third-order valence-electron chi connectivity index (χ3n) is 6.10. The number of methoxy groups -OCH3 is 2. The van der Waals surface area contributed by atoms with Crippen LogP contribution in [0.5, 0.6) is 11.5 Å². The second-order valence-corrected chi connectivity index (χ2v) is 8.43. The average molecular weight is 485 g/mol. The quantitative estimate of drug-likeness (QED) is 0.497. The molecule has 2 heterocycles. The molecule has 4 rings (SSSR count). The van der Waals surface area contributed by atoms with Crippen LogP contribution in [0, 0.1) is 4.77 Å². The Morgan fingerprint density at radius 2 is 1.88 bits per heavy atom. The Labute approximate surface area is 202 Å². The molecule has 0 spiro atoms. The van der Waals surface area contributed by atoms with Gasteiger partial charge in [-0.3, -0.25) is 19.1 Å². The van der Waals surface area contributed by atoms with E-state index in [2.05, 4.69) is 15.2 Å². The van der Waals surface area contributed by atoms with Gasteiger partial charge in [-0.2, -0.15) is 0 Å². The summed E-state index contributed by atoms with van der Waals surface area (Å²) in [7, 11) is 4.82. The van der Waals surface area contributed by atoms with Crippen LogP contribution >= 0.6 is 12.2 Å². The zero-order valence-electron chi connectivity index (χ0n) is 19.4. The average Bonchev–Trinajstić information content (AvgIpc) is 2.87. The van der Waals surface area contributed by atoms with Gasteiger partial charge in [0.05, 0.1) is 44.4 Å². The van der Waals surface area contributed by atoms with Crippen molar-refractivity contribution in [3.63, 3.8) is 0 Å². The minimum Gasteiger partial charge on any atom is -0.493 e. The molecule has 1 fully saturated rings. The van der Waals surface area contributed by atoms with Crippen LogP contribution in [0.1, 0.15) is 22.0 Å². The highest BCUT2D eigenvalue weighted by atomic mass is 32.1. The third-order valence-corrected chi connectivity index (χ3v) is 6.47. The topological polar surface area (TPSA) is 97.8 Å². The zero-order valence-corrected chi connectivity index (χ0v) is 20.2. The Bertz CT molecular complexity index is 1310. The first-order valence-electron chi connectivity index (χ1n) is 11.0. The van der Waals surface area contributed by atoms with Crippen LogP contribution in [0.25, 0.3) is 10.9 Å². The molecule has 1 atom stereocenters. The number of benzene rings is 2. The molecule has 3 aromatic rings. The number of aromatic amines is 1. The number of ether oxygens (including phenoxy) is 3. The van der Waals surface area contributed by atoms with Crippen LogP contribution in [-0.2, 0) is 11.8 Å². The van der Waals surface area contributed by atoms with E-state index in [1.807, 2.05) is 18.2 Å². The molecular formula is C24H28N4O5S. The first-order chi connectivity index (χ1) is 16.4. The summed E-state index contributed by atoms with van der Waals surface area (Å²) in [5.41, 5.74) is 1.78. The maximum Gasteiger partial charge on any atom is 0.261 e. The minimum absolute atomic E-state index is 0.0776. The normalized spacial score (nSPS) is 15.1. The smallest absolute Gasteiger partial charge is 0.261 e. The van der Waals surface area contributed by atoms with Crippen molar-refractivity contribution >= 4 is 29.0 Å². The molecular weight excluding hydrogens is 456 g/mol. The maximum atomic E-state index is 13.0. The van der Waals surface area contributed by atoms with Crippen molar-refractivity contribution in [3.05, 3.63) is 62.6 Å². The number of H-pyrrole nitrogens is 1. The van der Waals surface area contributed by atoms with Crippen molar-refractivity contribution in [1.82, 2.24) is 19.8 Å². The van der Waals surface area contributed by atoms with Gasteiger partial charge in [0.25, 0.3) is 11.5 Å². The lowest BCUT2D eigenvalue weighted by Crippen LogP contribution is -2.43. The van der Waals surface area contributed by atoms with Crippen molar-refractivity contribution in [1.29, 1.82) is 0 Å². The number of hydrogen-bond acceptors (Lipinski definition) is 7. The monoisotopic (exact) mass is 484 g/mol. The van der Waals surface area contributed by atoms with E-state index < -0.39 is 0 Å². The van der Waals surface area contributed by atoms with Crippen molar-refractivity contribution in [2.75, 3.05) is 47.1 Å². The lowest BCUT2D eigenvalue weighted by atomic mass is 10.0. The molecule has 2 N–H and O–H groups in total. The van der Waals surface area contributed by atoms with Gasteiger partial charge in [-0.1, -0.05) is 6.07 Å². The van der Waals surface area contributed by atoms with Crippen LogP contribution in [0.2, 0.25) is 0 Å². The number of nitrogens with one attached hydrogen (secondary N) is 2. The highest BCUT2D eigenvalue weighted by Gasteiger charge is 2.24. The number of aromatic nitrogens is 2. The first-order valence-corrected chi connectivity index (χ1v) is 11.4. The number of morpholine rings is 1. The molecule has 0 saturated carbocycles. The van der Waals surface area contributed by atoms with Gasteiger partial charge >= 0.3 is 0 Å². The molecule has 9 nitrogen and oxygen atoms in total. The van der Waals surface area contributed by atoms with Gasteiger partial charge < -0.3 is 24.5 Å². The number of amides is 1. The number of rotatable bonds is 7. The molecule has 1 saturated heterocycles. The van der Waals surface area contributed by atoms with Crippen LogP contribution in [-0.4, -0.2) is 67.4 Å². The van der Waals surface area contributed by atoms with Crippen LogP contribution in [0.15, 0.2) is 41.2 Å². The molecule has 1 aromatic heterocycles. The van der Waals surface area contributed by atoms with E-state index in [-0.39, 0.29) is 17.5 Å². The lowest BCUT2D eigenvalue weighted by Gasteiger charge is -2.35. The Kier molecular flexibility index (Phi) is 7.30. The maximum absolute atomic E-state index is 13.0. The molecule has 2 aromatic carbocycles. The van der Waals surface area contributed by atoms with Gasteiger partial charge in [-0.05, 0) is 48.1 Å². The van der Waals surface area contributed by atoms with E-state index in [0.29, 0.717) is 52.5 Å². The molecule has 1 amide bonds. The molecule has 1 aliphatic rings. The van der Waals surface area contributed by atoms with E-state index in [9.17, 15) is 9.59 Å². The predicted molar refractivity (Wildman–Crippen MR) is 131 cm³/mol. The standard InChI is InChI=1S/C24H28N4O5S/c1-27-23(30)17-6-4-16(12-18(17)26-24(27)34)22(29)25-14-19(28-8-10-33-11-9-28)15-5-7-20(31-2)21(13-15)32-3/h4-7,12-13,19H,8-11,14H2,1-3H3,(H,25,29)(H,26,34). The highest BCUT2D eigenvalue weighted by Crippen LogP contribution is 2.32. The highest BCUT2D eigenvalue weighted by molar-refractivity contribution is 7.71. The molecule has 0 radical (unpaired) electrons. The Hall–Kier alpha value is -3.21.